The third-order valence-corrected chi connectivity index (χ3v) is 3.09. The van der Waals surface area contributed by atoms with E-state index in [0.29, 0.717) is 22.9 Å². The molecule has 0 spiro atoms. The zero-order valence-electron chi connectivity index (χ0n) is 10.1. The van der Waals surface area contributed by atoms with Crippen molar-refractivity contribution in [2.45, 2.75) is 13.5 Å². The van der Waals surface area contributed by atoms with Crippen molar-refractivity contribution >= 4 is 11.6 Å². The van der Waals surface area contributed by atoms with Gasteiger partial charge in [0.15, 0.2) is 0 Å². The second kappa shape index (κ2) is 5.11. The first-order chi connectivity index (χ1) is 8.61. The van der Waals surface area contributed by atoms with Crippen LogP contribution in [0.2, 0.25) is 5.02 Å². The number of hydrogen-bond acceptors (Lipinski definition) is 3. The monoisotopic (exact) mass is 261 g/mol. The van der Waals surface area contributed by atoms with Crippen LogP contribution in [-0.2, 0) is 13.7 Å². The molecule has 1 aromatic carbocycles. The zero-order valence-corrected chi connectivity index (χ0v) is 10.9. The summed E-state index contributed by atoms with van der Waals surface area (Å²) in [5.74, 6) is 0.643. The van der Waals surface area contributed by atoms with E-state index < -0.39 is 0 Å². The summed E-state index contributed by atoms with van der Waals surface area (Å²) in [6.45, 7) is 2.17. The molecule has 0 bridgehead atoms. The summed E-state index contributed by atoms with van der Waals surface area (Å²) < 4.78 is 7.31. The third-order valence-electron chi connectivity index (χ3n) is 2.60. The molecule has 5 heteroatoms. The van der Waals surface area contributed by atoms with Gasteiger partial charge < -0.3 is 4.74 Å². The van der Waals surface area contributed by atoms with Crippen LogP contribution in [0.1, 0.15) is 17.0 Å². The largest absolute Gasteiger partial charge is 0.487 e. The molecule has 4 nitrogen and oxygen atoms in total. The topological polar surface area (TPSA) is 50.8 Å². The average molecular weight is 262 g/mol. The smallest absolute Gasteiger partial charge is 0.131 e. The minimum absolute atomic E-state index is 0.324. The Labute approximate surface area is 110 Å². The van der Waals surface area contributed by atoms with Crippen molar-refractivity contribution in [3.8, 4) is 11.8 Å². The number of nitrogens with zero attached hydrogens (tertiary/aromatic N) is 3. The summed E-state index contributed by atoms with van der Waals surface area (Å²) >= 11 is 6.12. The van der Waals surface area contributed by atoms with Crippen molar-refractivity contribution in [1.82, 2.24) is 9.78 Å². The quantitative estimate of drug-likeness (QED) is 0.854. The minimum Gasteiger partial charge on any atom is -0.487 e. The fourth-order valence-electron chi connectivity index (χ4n) is 1.64. The normalized spacial score (nSPS) is 10.1. The van der Waals surface area contributed by atoms with Crippen molar-refractivity contribution in [2.75, 3.05) is 0 Å². The van der Waals surface area contributed by atoms with Gasteiger partial charge in [-0.3, -0.25) is 4.68 Å². The zero-order chi connectivity index (χ0) is 13.1. The van der Waals surface area contributed by atoms with Gasteiger partial charge in [-0.15, -0.1) is 0 Å². The predicted octanol–water partition coefficient (Wildman–Crippen LogP) is 2.83. The molecular formula is C13H12ClN3O. The molecule has 2 aromatic rings. The lowest BCUT2D eigenvalue weighted by atomic mass is 10.2. The number of aromatic nitrogens is 2. The summed E-state index contributed by atoms with van der Waals surface area (Å²) in [6.07, 6.45) is 0. The average Bonchev–Trinajstić information content (AvgIpc) is 2.61. The molecule has 0 aliphatic rings. The molecule has 0 aliphatic carbocycles. The molecule has 2 rings (SSSR count). The molecule has 0 fully saturated rings. The van der Waals surface area contributed by atoms with Crippen LogP contribution in [0.5, 0.6) is 5.75 Å². The van der Waals surface area contributed by atoms with Crippen LogP contribution in [0.25, 0.3) is 0 Å². The first-order valence-corrected chi connectivity index (χ1v) is 5.80. The molecule has 0 aliphatic heterocycles. The molecule has 0 saturated carbocycles. The molecule has 0 N–H and O–H groups in total. The van der Waals surface area contributed by atoms with Crippen molar-refractivity contribution in [3.05, 3.63) is 46.2 Å². The number of aryl methyl sites for hydroxylation is 2. The number of rotatable bonds is 3. The molecule has 0 amide bonds. The van der Waals surface area contributed by atoms with E-state index in [9.17, 15) is 0 Å². The maximum atomic E-state index is 8.80. The standard InChI is InChI=1S/C13H12ClN3O/c1-9-13(14)12(17(2)16-9)8-18-11-5-3-4-10(6-11)7-15/h3-6H,8H2,1-2H3. The molecule has 0 radical (unpaired) electrons. The van der Waals surface area contributed by atoms with Gasteiger partial charge in [-0.2, -0.15) is 10.4 Å². The second-order valence-electron chi connectivity index (χ2n) is 3.90. The summed E-state index contributed by atoms with van der Waals surface area (Å²) in [7, 11) is 1.82. The van der Waals surface area contributed by atoms with Crippen molar-refractivity contribution in [2.24, 2.45) is 7.05 Å². The molecule has 1 aromatic heterocycles. The van der Waals surface area contributed by atoms with E-state index in [1.54, 1.807) is 28.9 Å². The van der Waals surface area contributed by atoms with Gasteiger partial charge in [0.1, 0.15) is 12.4 Å². The van der Waals surface area contributed by atoms with Gasteiger partial charge in [-0.1, -0.05) is 17.7 Å². The van der Waals surface area contributed by atoms with Gasteiger partial charge in [0, 0.05) is 7.05 Å². The van der Waals surface area contributed by atoms with E-state index in [4.69, 9.17) is 21.6 Å². The Balaban J connectivity index is 2.14. The lowest BCUT2D eigenvalue weighted by molar-refractivity contribution is 0.295. The van der Waals surface area contributed by atoms with Crippen molar-refractivity contribution in [3.63, 3.8) is 0 Å². The van der Waals surface area contributed by atoms with Crippen LogP contribution in [0.4, 0.5) is 0 Å². The molecule has 92 valence electrons. The number of halogens is 1. The Morgan fingerprint density at radius 3 is 2.89 bits per heavy atom. The van der Waals surface area contributed by atoms with E-state index in [1.807, 2.05) is 14.0 Å². The lowest BCUT2D eigenvalue weighted by Crippen LogP contribution is -2.03. The van der Waals surface area contributed by atoms with E-state index in [2.05, 4.69) is 11.2 Å². The summed E-state index contributed by atoms with van der Waals surface area (Å²) in [5, 5.41) is 13.6. The SMILES string of the molecule is Cc1nn(C)c(COc2cccc(C#N)c2)c1Cl. The Morgan fingerprint density at radius 2 is 2.28 bits per heavy atom. The highest BCUT2D eigenvalue weighted by Gasteiger charge is 2.11. The molecule has 18 heavy (non-hydrogen) atoms. The third kappa shape index (κ3) is 2.47. The molecule has 0 saturated heterocycles. The molecule has 0 unspecified atom stereocenters. The highest BCUT2D eigenvalue weighted by Crippen LogP contribution is 2.21. The number of benzene rings is 1. The van der Waals surface area contributed by atoms with Gasteiger partial charge in [0.25, 0.3) is 0 Å². The molecule has 0 atom stereocenters. The van der Waals surface area contributed by atoms with E-state index >= 15 is 0 Å². The van der Waals surface area contributed by atoms with E-state index in [0.717, 1.165) is 11.4 Å². The molecular weight excluding hydrogens is 250 g/mol. The Hall–Kier alpha value is -1.99. The summed E-state index contributed by atoms with van der Waals surface area (Å²) in [4.78, 5) is 0. The highest BCUT2D eigenvalue weighted by atomic mass is 35.5. The first-order valence-electron chi connectivity index (χ1n) is 5.42. The second-order valence-corrected chi connectivity index (χ2v) is 4.28. The number of nitriles is 1. The van der Waals surface area contributed by atoms with Gasteiger partial charge in [-0.25, -0.2) is 0 Å². The van der Waals surface area contributed by atoms with E-state index in [1.165, 1.54) is 0 Å². The number of ether oxygens (including phenoxy) is 1. The minimum atomic E-state index is 0.324. The van der Waals surface area contributed by atoms with Crippen LogP contribution in [0.3, 0.4) is 0 Å². The van der Waals surface area contributed by atoms with Gasteiger partial charge >= 0.3 is 0 Å². The fraction of sp³-hybridized carbons (Fsp3) is 0.231. The van der Waals surface area contributed by atoms with Crippen LogP contribution in [-0.4, -0.2) is 9.78 Å². The maximum Gasteiger partial charge on any atom is 0.131 e. The highest BCUT2D eigenvalue weighted by molar-refractivity contribution is 6.31. The first kappa shape index (κ1) is 12.5. The van der Waals surface area contributed by atoms with Crippen molar-refractivity contribution in [1.29, 1.82) is 5.26 Å². The molecule has 1 heterocycles. The van der Waals surface area contributed by atoms with Crippen molar-refractivity contribution < 1.29 is 4.74 Å². The van der Waals surface area contributed by atoms with Crippen LogP contribution >= 0.6 is 11.6 Å². The van der Waals surface area contributed by atoms with E-state index in [-0.39, 0.29) is 0 Å². The van der Waals surface area contributed by atoms with Crippen LogP contribution < -0.4 is 4.74 Å². The summed E-state index contributed by atoms with van der Waals surface area (Å²) in [5.41, 5.74) is 2.17. The Bertz CT molecular complexity index is 613. The Morgan fingerprint density at radius 1 is 1.50 bits per heavy atom. The fourth-order valence-corrected chi connectivity index (χ4v) is 1.86. The number of hydrogen-bond donors (Lipinski definition) is 0. The van der Waals surface area contributed by atoms with Gasteiger partial charge in [0.2, 0.25) is 0 Å². The van der Waals surface area contributed by atoms with Gasteiger partial charge in [0.05, 0.1) is 28.0 Å². The van der Waals surface area contributed by atoms with Gasteiger partial charge in [-0.05, 0) is 25.1 Å². The van der Waals surface area contributed by atoms with Crippen LogP contribution in [0, 0.1) is 18.3 Å². The summed E-state index contributed by atoms with van der Waals surface area (Å²) in [6, 6.07) is 9.08. The lowest BCUT2D eigenvalue weighted by Gasteiger charge is -2.07. The Kier molecular flexibility index (Phi) is 3.54. The van der Waals surface area contributed by atoms with Crippen LogP contribution in [0.15, 0.2) is 24.3 Å². The predicted molar refractivity (Wildman–Crippen MR) is 68.4 cm³/mol. The maximum absolute atomic E-state index is 8.80.